The second-order valence-electron chi connectivity index (χ2n) is 5.55. The highest BCUT2D eigenvalue weighted by Gasteiger charge is 2.13. The Labute approximate surface area is 140 Å². The van der Waals surface area contributed by atoms with Crippen molar-refractivity contribution in [1.29, 1.82) is 0 Å². The van der Waals surface area contributed by atoms with Gasteiger partial charge in [-0.25, -0.2) is 0 Å². The van der Waals surface area contributed by atoms with Crippen LogP contribution in [-0.4, -0.2) is 32.5 Å². The van der Waals surface area contributed by atoms with E-state index in [1.54, 1.807) is 42.6 Å². The fourth-order valence-electron chi connectivity index (χ4n) is 2.28. The van der Waals surface area contributed by atoms with E-state index in [2.05, 4.69) is 29.0 Å². The SMILES string of the molecule is CNC(=O)c1cccc(NC(=O)C[NH+](C)Cc2sccc2C)c1. The number of thiophene rings is 1. The molecule has 0 saturated carbocycles. The number of hydrogen-bond acceptors (Lipinski definition) is 3. The van der Waals surface area contributed by atoms with Gasteiger partial charge in [-0.1, -0.05) is 6.07 Å². The highest BCUT2D eigenvalue weighted by molar-refractivity contribution is 7.10. The van der Waals surface area contributed by atoms with Gasteiger partial charge in [0.15, 0.2) is 6.54 Å². The molecule has 2 rings (SSSR count). The van der Waals surface area contributed by atoms with E-state index in [0.29, 0.717) is 17.8 Å². The number of hydrogen-bond donors (Lipinski definition) is 3. The molecule has 1 unspecified atom stereocenters. The van der Waals surface area contributed by atoms with E-state index < -0.39 is 0 Å². The first-order valence-electron chi connectivity index (χ1n) is 7.46. The molecule has 0 fully saturated rings. The lowest BCUT2D eigenvalue weighted by atomic mass is 10.2. The van der Waals surface area contributed by atoms with Crippen LogP contribution in [0.1, 0.15) is 20.8 Å². The zero-order valence-electron chi connectivity index (χ0n) is 13.6. The van der Waals surface area contributed by atoms with E-state index in [0.717, 1.165) is 11.4 Å². The molecule has 2 amide bonds. The molecule has 23 heavy (non-hydrogen) atoms. The largest absolute Gasteiger partial charge is 0.355 e. The fourth-order valence-corrected chi connectivity index (χ4v) is 3.30. The summed E-state index contributed by atoms with van der Waals surface area (Å²) in [5.74, 6) is -0.234. The van der Waals surface area contributed by atoms with Crippen LogP contribution in [0, 0.1) is 6.92 Å². The number of nitrogens with one attached hydrogen (secondary N) is 3. The number of carbonyl (C=O) groups excluding carboxylic acids is 2. The minimum Gasteiger partial charge on any atom is -0.355 e. The predicted molar refractivity (Wildman–Crippen MR) is 93.0 cm³/mol. The van der Waals surface area contributed by atoms with Gasteiger partial charge in [0, 0.05) is 18.3 Å². The molecule has 6 heteroatoms. The van der Waals surface area contributed by atoms with Crippen LogP contribution in [0.2, 0.25) is 0 Å². The third kappa shape index (κ3) is 4.91. The minimum absolute atomic E-state index is 0.0641. The molecule has 0 spiro atoms. The van der Waals surface area contributed by atoms with Crippen molar-refractivity contribution in [3.63, 3.8) is 0 Å². The second kappa shape index (κ2) is 7.89. The van der Waals surface area contributed by atoms with Crippen molar-refractivity contribution < 1.29 is 14.5 Å². The van der Waals surface area contributed by atoms with Crippen LogP contribution >= 0.6 is 11.3 Å². The van der Waals surface area contributed by atoms with Gasteiger partial charge in [0.05, 0.1) is 11.9 Å². The van der Waals surface area contributed by atoms with Gasteiger partial charge in [0.25, 0.3) is 11.8 Å². The number of anilines is 1. The summed E-state index contributed by atoms with van der Waals surface area (Å²) in [6.07, 6.45) is 0. The molecule has 1 aromatic carbocycles. The standard InChI is InChI=1S/C17H21N3O2S/c1-12-7-8-23-15(12)10-20(3)11-16(21)19-14-6-4-5-13(9-14)17(22)18-2/h4-9H,10-11H2,1-3H3,(H,18,22)(H,19,21)/p+1. The summed E-state index contributed by atoms with van der Waals surface area (Å²) in [5.41, 5.74) is 2.43. The molecule has 0 radical (unpaired) electrons. The van der Waals surface area contributed by atoms with Gasteiger partial charge in [0.2, 0.25) is 0 Å². The Kier molecular flexibility index (Phi) is 5.90. The molecule has 0 saturated heterocycles. The molecule has 1 aromatic heterocycles. The van der Waals surface area contributed by atoms with Gasteiger partial charge in [-0.05, 0) is 42.1 Å². The molecule has 122 valence electrons. The lowest BCUT2D eigenvalue weighted by Gasteiger charge is -2.14. The van der Waals surface area contributed by atoms with Crippen LogP contribution in [-0.2, 0) is 11.3 Å². The van der Waals surface area contributed by atoms with E-state index in [-0.39, 0.29) is 11.8 Å². The van der Waals surface area contributed by atoms with Gasteiger partial charge in [-0.3, -0.25) is 9.59 Å². The summed E-state index contributed by atoms with van der Waals surface area (Å²) in [4.78, 5) is 26.2. The van der Waals surface area contributed by atoms with Gasteiger partial charge >= 0.3 is 0 Å². The number of likely N-dealkylation sites (N-methyl/N-ethyl adjacent to an activating group) is 1. The van der Waals surface area contributed by atoms with E-state index in [9.17, 15) is 9.59 Å². The van der Waals surface area contributed by atoms with Crippen LogP contribution in [0.5, 0.6) is 0 Å². The van der Waals surface area contributed by atoms with Crippen LogP contribution in [0.3, 0.4) is 0 Å². The molecule has 1 atom stereocenters. The summed E-state index contributed by atoms with van der Waals surface area (Å²) in [6, 6.07) is 9.02. The third-order valence-corrected chi connectivity index (χ3v) is 4.55. The first kappa shape index (κ1) is 17.2. The van der Waals surface area contributed by atoms with Crippen molar-refractivity contribution in [3.8, 4) is 0 Å². The van der Waals surface area contributed by atoms with Crippen molar-refractivity contribution in [1.82, 2.24) is 5.32 Å². The molecule has 0 bridgehead atoms. The predicted octanol–water partition coefficient (Wildman–Crippen LogP) is 1.07. The molecule has 1 heterocycles. The quantitative estimate of drug-likeness (QED) is 0.741. The number of quaternary nitrogens is 1. The first-order chi connectivity index (χ1) is 11.0. The van der Waals surface area contributed by atoms with Gasteiger partial charge < -0.3 is 15.5 Å². The lowest BCUT2D eigenvalue weighted by Crippen LogP contribution is -3.08. The summed E-state index contributed by atoms with van der Waals surface area (Å²) < 4.78 is 0. The normalized spacial score (nSPS) is 11.8. The number of rotatable bonds is 6. The van der Waals surface area contributed by atoms with Gasteiger partial charge in [0.1, 0.15) is 6.54 Å². The topological polar surface area (TPSA) is 62.6 Å². The Morgan fingerprint density at radius 3 is 2.70 bits per heavy atom. The second-order valence-corrected chi connectivity index (χ2v) is 6.55. The highest BCUT2D eigenvalue weighted by Crippen LogP contribution is 2.13. The first-order valence-corrected chi connectivity index (χ1v) is 8.34. The number of amides is 2. The summed E-state index contributed by atoms with van der Waals surface area (Å²) in [7, 11) is 3.58. The maximum Gasteiger partial charge on any atom is 0.279 e. The lowest BCUT2D eigenvalue weighted by molar-refractivity contribution is -0.884. The van der Waals surface area contributed by atoms with Crippen LogP contribution in [0.15, 0.2) is 35.7 Å². The van der Waals surface area contributed by atoms with Gasteiger partial charge in [-0.15, -0.1) is 11.3 Å². The highest BCUT2D eigenvalue weighted by atomic mass is 32.1. The average molecular weight is 332 g/mol. The Balaban J connectivity index is 1.91. The molecular weight excluding hydrogens is 310 g/mol. The summed E-state index contributed by atoms with van der Waals surface area (Å²) >= 11 is 1.72. The van der Waals surface area contributed by atoms with E-state index in [1.165, 1.54) is 10.4 Å². The molecule has 3 N–H and O–H groups in total. The number of aryl methyl sites for hydroxylation is 1. The summed E-state index contributed by atoms with van der Waals surface area (Å²) in [5, 5.41) is 7.49. The Hall–Kier alpha value is -2.18. The number of carbonyl (C=O) groups is 2. The maximum atomic E-state index is 12.2. The maximum absolute atomic E-state index is 12.2. The minimum atomic E-state index is -0.169. The number of benzene rings is 1. The molecule has 2 aromatic rings. The monoisotopic (exact) mass is 332 g/mol. The van der Waals surface area contributed by atoms with Crippen LogP contribution in [0.25, 0.3) is 0 Å². The van der Waals surface area contributed by atoms with Gasteiger partial charge in [-0.2, -0.15) is 0 Å². The van der Waals surface area contributed by atoms with E-state index >= 15 is 0 Å². The van der Waals surface area contributed by atoms with Crippen molar-refractivity contribution in [2.75, 3.05) is 26.0 Å². The fraction of sp³-hybridized carbons (Fsp3) is 0.294. The molecule has 0 aliphatic rings. The Bertz CT molecular complexity index is 697. The molecule has 0 aliphatic heterocycles. The Morgan fingerprint density at radius 2 is 2.04 bits per heavy atom. The molecule has 5 nitrogen and oxygen atoms in total. The van der Waals surface area contributed by atoms with Crippen molar-refractivity contribution in [2.24, 2.45) is 0 Å². The average Bonchev–Trinajstić information content (AvgIpc) is 2.91. The molecule has 0 aliphatic carbocycles. The Morgan fingerprint density at radius 1 is 1.26 bits per heavy atom. The van der Waals surface area contributed by atoms with Crippen molar-refractivity contribution in [2.45, 2.75) is 13.5 Å². The van der Waals surface area contributed by atoms with E-state index in [4.69, 9.17) is 0 Å². The van der Waals surface area contributed by atoms with E-state index in [1.807, 2.05) is 7.05 Å². The van der Waals surface area contributed by atoms with Crippen molar-refractivity contribution in [3.05, 3.63) is 51.7 Å². The molecular formula is C17H22N3O2S+. The zero-order chi connectivity index (χ0) is 16.8. The van der Waals surface area contributed by atoms with Crippen molar-refractivity contribution >= 4 is 28.8 Å². The van der Waals surface area contributed by atoms with Crippen LogP contribution < -0.4 is 15.5 Å². The summed E-state index contributed by atoms with van der Waals surface area (Å²) in [6.45, 7) is 3.29. The van der Waals surface area contributed by atoms with Crippen LogP contribution in [0.4, 0.5) is 5.69 Å². The smallest absolute Gasteiger partial charge is 0.279 e. The third-order valence-electron chi connectivity index (χ3n) is 3.53. The zero-order valence-corrected chi connectivity index (χ0v) is 14.4.